The first-order valence-electron chi connectivity index (χ1n) is 10.3. The maximum absolute atomic E-state index is 12.9. The van der Waals surface area contributed by atoms with Gasteiger partial charge in [-0.05, 0) is 24.3 Å². The molecule has 7 heteroatoms. The topological polar surface area (TPSA) is 88.6 Å². The third kappa shape index (κ3) is 5.72. The lowest BCUT2D eigenvalue weighted by molar-refractivity contribution is -0.135. The lowest BCUT2D eigenvalue weighted by Gasteiger charge is -2.21. The summed E-state index contributed by atoms with van der Waals surface area (Å²) in [7, 11) is 0. The fourth-order valence-electron chi connectivity index (χ4n) is 3.25. The van der Waals surface area contributed by atoms with E-state index in [9.17, 15) is 9.59 Å². The van der Waals surface area contributed by atoms with Crippen molar-refractivity contribution in [3.63, 3.8) is 0 Å². The molecule has 4 rings (SSSR count). The number of anilines is 1. The minimum absolute atomic E-state index is 0.0880. The van der Waals surface area contributed by atoms with Crippen LogP contribution in [0.25, 0.3) is 11.3 Å². The Morgan fingerprint density at radius 1 is 0.938 bits per heavy atom. The lowest BCUT2D eigenvalue weighted by atomic mass is 10.2. The number of nitrogens with zero attached hydrogens (tertiary/aromatic N) is 2. The van der Waals surface area contributed by atoms with E-state index in [1.807, 2.05) is 48.5 Å². The summed E-state index contributed by atoms with van der Waals surface area (Å²) < 4.78 is 11.2. The Kier molecular flexibility index (Phi) is 6.77. The van der Waals surface area contributed by atoms with Gasteiger partial charge in [-0.1, -0.05) is 48.5 Å². The summed E-state index contributed by atoms with van der Waals surface area (Å²) in [5.74, 6) is 1.27. The molecule has 1 N–H and O–H groups in total. The van der Waals surface area contributed by atoms with Gasteiger partial charge in [0, 0.05) is 24.1 Å². The average molecular weight is 429 g/mol. The summed E-state index contributed by atoms with van der Waals surface area (Å²) in [6, 6.07) is 22.3. The number of aryl methyl sites for hydroxylation is 1. The van der Waals surface area contributed by atoms with Gasteiger partial charge in [0.05, 0.1) is 19.0 Å². The van der Waals surface area contributed by atoms with E-state index in [-0.39, 0.29) is 31.3 Å². The summed E-state index contributed by atoms with van der Waals surface area (Å²) in [6.07, 6.45) is 3.69. The number of para-hydroxylation sites is 1. The summed E-state index contributed by atoms with van der Waals surface area (Å²) in [6.45, 7) is 0.115. The molecule has 0 aliphatic carbocycles. The average Bonchev–Trinajstić information content (AvgIpc) is 3.50. The van der Waals surface area contributed by atoms with Crippen LogP contribution in [-0.2, 0) is 22.6 Å². The number of oxazole rings is 1. The van der Waals surface area contributed by atoms with E-state index in [4.69, 9.17) is 8.83 Å². The van der Waals surface area contributed by atoms with Gasteiger partial charge in [-0.25, -0.2) is 4.98 Å². The fourth-order valence-corrected chi connectivity index (χ4v) is 3.25. The van der Waals surface area contributed by atoms with Crippen LogP contribution >= 0.6 is 0 Å². The molecule has 0 atom stereocenters. The van der Waals surface area contributed by atoms with Crippen LogP contribution in [0.2, 0.25) is 0 Å². The summed E-state index contributed by atoms with van der Waals surface area (Å²) in [5.41, 5.74) is 1.60. The minimum atomic E-state index is -0.279. The van der Waals surface area contributed by atoms with Crippen LogP contribution in [0.4, 0.5) is 5.69 Å². The second-order valence-corrected chi connectivity index (χ2v) is 7.23. The van der Waals surface area contributed by atoms with Crippen molar-refractivity contribution in [2.45, 2.75) is 19.4 Å². The predicted octanol–water partition coefficient (Wildman–Crippen LogP) is 4.53. The SMILES string of the molecule is O=C(CN(Cc1ccco1)C(=O)CCc1ncc(-c2ccccc2)o1)Nc1ccccc1. The maximum Gasteiger partial charge on any atom is 0.244 e. The zero-order valence-electron chi connectivity index (χ0n) is 17.4. The van der Waals surface area contributed by atoms with Crippen LogP contribution in [0, 0.1) is 0 Å². The minimum Gasteiger partial charge on any atom is -0.467 e. The second kappa shape index (κ2) is 10.3. The third-order valence-corrected chi connectivity index (χ3v) is 4.84. The molecule has 2 heterocycles. The van der Waals surface area contributed by atoms with E-state index in [0.717, 1.165) is 5.56 Å². The molecule has 0 aliphatic rings. The predicted molar refractivity (Wildman–Crippen MR) is 119 cm³/mol. The molecular formula is C25H23N3O4. The molecule has 0 saturated heterocycles. The van der Waals surface area contributed by atoms with E-state index in [1.165, 1.54) is 4.90 Å². The highest BCUT2D eigenvalue weighted by Crippen LogP contribution is 2.20. The summed E-state index contributed by atoms with van der Waals surface area (Å²) >= 11 is 0. The van der Waals surface area contributed by atoms with Crippen molar-refractivity contribution < 1.29 is 18.4 Å². The Bertz CT molecular complexity index is 1140. The first kappa shape index (κ1) is 21.1. The number of nitrogens with one attached hydrogen (secondary N) is 1. The van der Waals surface area contributed by atoms with Crippen molar-refractivity contribution in [3.05, 3.63) is 96.9 Å². The van der Waals surface area contributed by atoms with Crippen LogP contribution in [0.15, 0.2) is 94.1 Å². The van der Waals surface area contributed by atoms with Gasteiger partial charge >= 0.3 is 0 Å². The van der Waals surface area contributed by atoms with Gasteiger partial charge < -0.3 is 19.1 Å². The molecule has 2 aromatic carbocycles. The van der Waals surface area contributed by atoms with E-state index in [1.54, 1.807) is 36.7 Å². The first-order chi connectivity index (χ1) is 15.7. The highest BCUT2D eigenvalue weighted by Gasteiger charge is 2.20. The molecule has 7 nitrogen and oxygen atoms in total. The maximum atomic E-state index is 12.9. The van der Waals surface area contributed by atoms with E-state index in [2.05, 4.69) is 10.3 Å². The number of carbonyl (C=O) groups is 2. The van der Waals surface area contributed by atoms with Crippen LogP contribution in [0.5, 0.6) is 0 Å². The number of hydrogen-bond acceptors (Lipinski definition) is 5. The lowest BCUT2D eigenvalue weighted by Crippen LogP contribution is -2.37. The number of aromatic nitrogens is 1. The van der Waals surface area contributed by atoms with E-state index < -0.39 is 0 Å². The highest BCUT2D eigenvalue weighted by molar-refractivity contribution is 5.94. The van der Waals surface area contributed by atoms with Crippen LogP contribution in [0.3, 0.4) is 0 Å². The molecule has 2 amide bonds. The Hall–Kier alpha value is -4.13. The first-order valence-corrected chi connectivity index (χ1v) is 10.3. The van der Waals surface area contributed by atoms with Gasteiger partial charge in [0.15, 0.2) is 11.7 Å². The zero-order valence-corrected chi connectivity index (χ0v) is 17.4. The molecule has 0 spiro atoms. The molecule has 0 radical (unpaired) electrons. The summed E-state index contributed by atoms with van der Waals surface area (Å²) in [5, 5.41) is 2.81. The van der Waals surface area contributed by atoms with Crippen molar-refractivity contribution in [3.8, 4) is 11.3 Å². The van der Waals surface area contributed by atoms with E-state index in [0.29, 0.717) is 29.5 Å². The van der Waals surface area contributed by atoms with E-state index >= 15 is 0 Å². The zero-order chi connectivity index (χ0) is 22.2. The molecular weight excluding hydrogens is 406 g/mol. The molecule has 162 valence electrons. The van der Waals surface area contributed by atoms with Gasteiger partial charge in [-0.15, -0.1) is 0 Å². The molecule has 4 aromatic rings. The van der Waals surface area contributed by atoms with Crippen LogP contribution in [-0.4, -0.2) is 28.2 Å². The van der Waals surface area contributed by atoms with Gasteiger partial charge in [-0.3, -0.25) is 9.59 Å². The van der Waals surface area contributed by atoms with Crippen LogP contribution in [0.1, 0.15) is 18.1 Å². The fraction of sp³-hybridized carbons (Fsp3) is 0.160. The normalized spacial score (nSPS) is 10.6. The molecule has 0 aliphatic heterocycles. The number of hydrogen-bond donors (Lipinski definition) is 1. The quantitative estimate of drug-likeness (QED) is 0.422. The van der Waals surface area contributed by atoms with Gasteiger partial charge in [0.1, 0.15) is 12.3 Å². The molecule has 0 bridgehead atoms. The number of rotatable bonds is 9. The molecule has 0 unspecified atom stereocenters. The van der Waals surface area contributed by atoms with Crippen molar-refractivity contribution in [1.29, 1.82) is 0 Å². The van der Waals surface area contributed by atoms with Gasteiger partial charge in [0.25, 0.3) is 0 Å². The number of amides is 2. The highest BCUT2D eigenvalue weighted by atomic mass is 16.4. The van der Waals surface area contributed by atoms with Gasteiger partial charge in [0.2, 0.25) is 11.8 Å². The van der Waals surface area contributed by atoms with Gasteiger partial charge in [-0.2, -0.15) is 0 Å². The molecule has 0 saturated carbocycles. The molecule has 0 fully saturated rings. The Balaban J connectivity index is 1.38. The second-order valence-electron chi connectivity index (χ2n) is 7.23. The van der Waals surface area contributed by atoms with Crippen molar-refractivity contribution >= 4 is 17.5 Å². The standard InChI is InChI=1S/C25H23N3O4/c29-23(27-20-10-5-2-6-11-20)18-28(17-21-12-7-15-31-21)25(30)14-13-24-26-16-22(32-24)19-8-3-1-4-9-19/h1-12,15-16H,13-14,17-18H2,(H,27,29). The van der Waals surface area contributed by atoms with Crippen LogP contribution < -0.4 is 5.32 Å². The van der Waals surface area contributed by atoms with Crippen molar-refractivity contribution in [2.75, 3.05) is 11.9 Å². The number of benzene rings is 2. The number of furan rings is 1. The summed E-state index contributed by atoms with van der Waals surface area (Å²) in [4.78, 5) is 31.2. The van der Waals surface area contributed by atoms with Crippen molar-refractivity contribution in [1.82, 2.24) is 9.88 Å². The third-order valence-electron chi connectivity index (χ3n) is 4.84. The Morgan fingerprint density at radius 2 is 1.69 bits per heavy atom. The monoisotopic (exact) mass is 429 g/mol. The molecule has 2 aromatic heterocycles. The largest absolute Gasteiger partial charge is 0.467 e. The van der Waals surface area contributed by atoms with Crippen molar-refractivity contribution in [2.24, 2.45) is 0 Å². The Morgan fingerprint density at radius 3 is 2.41 bits per heavy atom. The Labute approximate surface area is 185 Å². The molecule has 32 heavy (non-hydrogen) atoms. The smallest absolute Gasteiger partial charge is 0.244 e. The number of carbonyl (C=O) groups excluding carboxylic acids is 2.